The molecule has 0 aliphatic heterocycles. The number of ether oxygens (including phenoxy) is 1. The topological polar surface area (TPSA) is 55.4 Å². The molecular formula is C16H21NO3. The highest BCUT2D eigenvalue weighted by Crippen LogP contribution is 2.21. The Labute approximate surface area is 119 Å². The molecule has 0 radical (unpaired) electrons. The van der Waals surface area contributed by atoms with Crippen LogP contribution in [0.3, 0.4) is 0 Å². The SMILES string of the molecule is COC(=O)CC(NC1CC1)C(=O)c1ccc(C)c(C)c1. The van der Waals surface area contributed by atoms with Crippen molar-refractivity contribution in [3.63, 3.8) is 0 Å². The van der Waals surface area contributed by atoms with E-state index in [1.54, 1.807) is 0 Å². The van der Waals surface area contributed by atoms with Crippen LogP contribution in [0.1, 0.15) is 40.7 Å². The zero-order valence-corrected chi connectivity index (χ0v) is 12.2. The van der Waals surface area contributed by atoms with Crippen molar-refractivity contribution in [3.8, 4) is 0 Å². The zero-order chi connectivity index (χ0) is 14.7. The van der Waals surface area contributed by atoms with Gasteiger partial charge in [0.1, 0.15) is 0 Å². The van der Waals surface area contributed by atoms with E-state index in [4.69, 9.17) is 0 Å². The van der Waals surface area contributed by atoms with Gasteiger partial charge in [0.15, 0.2) is 5.78 Å². The number of carbonyl (C=O) groups excluding carboxylic acids is 2. The Kier molecular flexibility index (Phi) is 4.55. The van der Waals surface area contributed by atoms with E-state index in [0.29, 0.717) is 11.6 Å². The number of benzene rings is 1. The predicted octanol–water partition coefficient (Wildman–Crippen LogP) is 2.17. The summed E-state index contributed by atoms with van der Waals surface area (Å²) in [6.07, 6.45) is 2.22. The minimum Gasteiger partial charge on any atom is -0.469 e. The Morgan fingerprint density at radius 1 is 1.30 bits per heavy atom. The number of hydrogen-bond donors (Lipinski definition) is 1. The average Bonchev–Trinajstić information content (AvgIpc) is 3.24. The Morgan fingerprint density at radius 2 is 2.00 bits per heavy atom. The number of Topliss-reactive ketones (excluding diaryl/α,β-unsaturated/α-hetero) is 1. The largest absolute Gasteiger partial charge is 0.469 e. The summed E-state index contributed by atoms with van der Waals surface area (Å²) in [5.41, 5.74) is 2.88. The van der Waals surface area contributed by atoms with Gasteiger partial charge in [-0.2, -0.15) is 0 Å². The molecule has 2 rings (SSSR count). The molecule has 0 amide bonds. The van der Waals surface area contributed by atoms with Crippen molar-refractivity contribution in [3.05, 3.63) is 34.9 Å². The molecule has 1 fully saturated rings. The third-order valence-corrected chi connectivity index (χ3v) is 3.72. The van der Waals surface area contributed by atoms with Crippen LogP contribution in [0.5, 0.6) is 0 Å². The van der Waals surface area contributed by atoms with Crippen molar-refractivity contribution >= 4 is 11.8 Å². The molecule has 1 aliphatic carbocycles. The quantitative estimate of drug-likeness (QED) is 0.638. The van der Waals surface area contributed by atoms with Gasteiger partial charge in [0.25, 0.3) is 0 Å². The lowest BCUT2D eigenvalue weighted by atomic mass is 9.98. The van der Waals surface area contributed by atoms with E-state index in [0.717, 1.165) is 24.0 Å². The molecule has 1 saturated carbocycles. The van der Waals surface area contributed by atoms with E-state index in [1.807, 2.05) is 32.0 Å². The van der Waals surface area contributed by atoms with Crippen LogP contribution in [-0.2, 0) is 9.53 Å². The molecule has 1 aromatic rings. The second kappa shape index (κ2) is 6.18. The van der Waals surface area contributed by atoms with Crippen molar-refractivity contribution < 1.29 is 14.3 Å². The summed E-state index contributed by atoms with van der Waals surface area (Å²) < 4.78 is 4.68. The number of hydrogen-bond acceptors (Lipinski definition) is 4. The number of carbonyl (C=O) groups is 2. The number of esters is 1. The molecule has 0 spiro atoms. The Bertz CT molecular complexity index is 520. The number of rotatable bonds is 6. The predicted molar refractivity (Wildman–Crippen MR) is 76.8 cm³/mol. The Hall–Kier alpha value is -1.68. The highest BCUT2D eigenvalue weighted by molar-refractivity contribution is 6.02. The molecule has 1 N–H and O–H groups in total. The van der Waals surface area contributed by atoms with E-state index in [-0.39, 0.29) is 18.2 Å². The van der Waals surface area contributed by atoms with Crippen molar-refractivity contribution in [1.82, 2.24) is 5.32 Å². The third kappa shape index (κ3) is 3.67. The van der Waals surface area contributed by atoms with Gasteiger partial charge in [0.05, 0.1) is 19.6 Å². The fourth-order valence-corrected chi connectivity index (χ4v) is 2.11. The van der Waals surface area contributed by atoms with Gasteiger partial charge in [-0.3, -0.25) is 9.59 Å². The maximum atomic E-state index is 12.6. The number of methoxy groups -OCH3 is 1. The molecule has 0 saturated heterocycles. The number of nitrogens with one attached hydrogen (secondary N) is 1. The normalized spacial score (nSPS) is 15.8. The lowest BCUT2D eigenvalue weighted by Gasteiger charge is -2.17. The van der Waals surface area contributed by atoms with E-state index in [1.165, 1.54) is 7.11 Å². The molecule has 1 unspecified atom stereocenters. The molecule has 1 aliphatic rings. The molecule has 0 bridgehead atoms. The molecule has 1 aromatic carbocycles. The van der Waals surface area contributed by atoms with Gasteiger partial charge < -0.3 is 10.1 Å². The lowest BCUT2D eigenvalue weighted by molar-refractivity contribution is -0.140. The highest BCUT2D eigenvalue weighted by atomic mass is 16.5. The fourth-order valence-electron chi connectivity index (χ4n) is 2.11. The second-order valence-electron chi connectivity index (χ2n) is 5.44. The van der Waals surface area contributed by atoms with Gasteiger partial charge in [-0.25, -0.2) is 0 Å². The minimum absolute atomic E-state index is 0.0367. The molecule has 4 nitrogen and oxygen atoms in total. The molecule has 4 heteroatoms. The summed E-state index contributed by atoms with van der Waals surface area (Å²) in [6.45, 7) is 3.99. The van der Waals surface area contributed by atoms with E-state index in [9.17, 15) is 9.59 Å². The van der Waals surface area contributed by atoms with Gasteiger partial charge in [-0.05, 0) is 43.9 Å². The molecular weight excluding hydrogens is 254 g/mol. The summed E-state index contributed by atoms with van der Waals surface area (Å²) in [5.74, 6) is -0.397. The maximum absolute atomic E-state index is 12.6. The summed E-state index contributed by atoms with van der Waals surface area (Å²) in [4.78, 5) is 24.0. The molecule has 0 heterocycles. The van der Waals surface area contributed by atoms with Crippen LogP contribution < -0.4 is 5.32 Å². The van der Waals surface area contributed by atoms with E-state index in [2.05, 4.69) is 10.1 Å². The van der Waals surface area contributed by atoms with Crippen LogP contribution in [0, 0.1) is 13.8 Å². The second-order valence-corrected chi connectivity index (χ2v) is 5.44. The maximum Gasteiger partial charge on any atom is 0.307 e. The van der Waals surface area contributed by atoms with Crippen molar-refractivity contribution in [2.24, 2.45) is 0 Å². The lowest BCUT2D eigenvalue weighted by Crippen LogP contribution is -2.40. The van der Waals surface area contributed by atoms with Crippen molar-refractivity contribution in [1.29, 1.82) is 0 Å². The standard InChI is InChI=1S/C16H21NO3/c1-10-4-5-12(8-11(10)2)16(19)14(9-15(18)20-3)17-13-6-7-13/h4-5,8,13-14,17H,6-7,9H2,1-3H3. The molecule has 108 valence electrons. The Balaban J connectivity index is 2.15. The van der Waals surface area contributed by atoms with Crippen LogP contribution in [0.25, 0.3) is 0 Å². The summed E-state index contributed by atoms with van der Waals surface area (Å²) in [5, 5.41) is 3.24. The van der Waals surface area contributed by atoms with Gasteiger partial charge >= 0.3 is 5.97 Å². The van der Waals surface area contributed by atoms with Gasteiger partial charge in [0, 0.05) is 11.6 Å². The fraction of sp³-hybridized carbons (Fsp3) is 0.500. The first-order valence-corrected chi connectivity index (χ1v) is 6.95. The first-order chi connectivity index (χ1) is 9.51. The summed E-state index contributed by atoms with van der Waals surface area (Å²) in [6, 6.07) is 5.52. The van der Waals surface area contributed by atoms with Crippen LogP contribution in [0.2, 0.25) is 0 Å². The number of ketones is 1. The first kappa shape index (κ1) is 14.7. The van der Waals surface area contributed by atoms with E-state index >= 15 is 0 Å². The third-order valence-electron chi connectivity index (χ3n) is 3.72. The van der Waals surface area contributed by atoms with Gasteiger partial charge in [-0.15, -0.1) is 0 Å². The van der Waals surface area contributed by atoms with Crippen molar-refractivity contribution in [2.45, 2.75) is 45.2 Å². The average molecular weight is 275 g/mol. The van der Waals surface area contributed by atoms with Gasteiger partial charge in [-0.1, -0.05) is 12.1 Å². The number of aryl methyl sites for hydroxylation is 2. The summed E-state index contributed by atoms with van der Waals surface area (Å²) >= 11 is 0. The van der Waals surface area contributed by atoms with Crippen molar-refractivity contribution in [2.75, 3.05) is 7.11 Å². The zero-order valence-electron chi connectivity index (χ0n) is 12.2. The van der Waals surface area contributed by atoms with Crippen LogP contribution in [0.4, 0.5) is 0 Å². The molecule has 0 aromatic heterocycles. The Morgan fingerprint density at radius 3 is 2.55 bits per heavy atom. The highest BCUT2D eigenvalue weighted by Gasteiger charge is 2.30. The first-order valence-electron chi connectivity index (χ1n) is 6.95. The minimum atomic E-state index is -0.489. The molecule has 20 heavy (non-hydrogen) atoms. The van der Waals surface area contributed by atoms with Crippen LogP contribution in [0.15, 0.2) is 18.2 Å². The molecule has 1 atom stereocenters. The monoisotopic (exact) mass is 275 g/mol. The van der Waals surface area contributed by atoms with Gasteiger partial charge in [0.2, 0.25) is 0 Å². The smallest absolute Gasteiger partial charge is 0.307 e. The van der Waals surface area contributed by atoms with Crippen LogP contribution in [-0.4, -0.2) is 30.9 Å². The summed E-state index contributed by atoms with van der Waals surface area (Å²) in [7, 11) is 1.34. The van der Waals surface area contributed by atoms with Crippen LogP contribution >= 0.6 is 0 Å². The van der Waals surface area contributed by atoms with E-state index < -0.39 is 6.04 Å².